The van der Waals surface area contributed by atoms with Crippen LogP contribution in [0.25, 0.3) is 0 Å². The Hall–Kier alpha value is -0.240. The molecule has 0 rings (SSSR count). The fourth-order valence-corrected chi connectivity index (χ4v) is 1.79. The van der Waals surface area contributed by atoms with E-state index in [1.165, 1.54) is 18.9 Å². The highest BCUT2D eigenvalue weighted by Crippen LogP contribution is 2.11. The van der Waals surface area contributed by atoms with E-state index in [4.69, 9.17) is 0 Å². The van der Waals surface area contributed by atoms with E-state index >= 15 is 0 Å². The molecule has 0 aliphatic carbocycles. The van der Waals surface area contributed by atoms with E-state index in [2.05, 4.69) is 0 Å². The molecule has 18 heavy (non-hydrogen) atoms. The molecule has 0 fully saturated rings. The van der Waals surface area contributed by atoms with Crippen molar-refractivity contribution >= 4 is 0 Å². The maximum Gasteiger partial charge on any atom is 0.120 e. The Kier molecular flexibility index (Phi) is 8.67. The van der Waals surface area contributed by atoms with E-state index in [9.17, 15) is 20.4 Å². The molecule has 0 heterocycles. The average molecular weight is 264 g/mol. The first kappa shape index (κ1) is 17.8. The first-order valence-corrected chi connectivity index (χ1v) is 6.58. The first-order valence-electron chi connectivity index (χ1n) is 6.58. The molecule has 4 unspecified atom stereocenters. The van der Waals surface area contributed by atoms with Crippen molar-refractivity contribution in [2.45, 2.75) is 65.2 Å². The van der Waals surface area contributed by atoms with Crippen LogP contribution in [0.4, 0.5) is 0 Å². The molecule has 0 spiro atoms. The van der Waals surface area contributed by atoms with Crippen molar-refractivity contribution in [2.75, 3.05) is 13.1 Å². The highest BCUT2D eigenvalue weighted by molar-refractivity contribution is 4.68. The zero-order valence-electron chi connectivity index (χ0n) is 11.8. The predicted octanol–water partition coefficient (Wildman–Crippen LogP) is -0.276. The van der Waals surface area contributed by atoms with Gasteiger partial charge in [0.25, 0.3) is 0 Å². The summed E-state index contributed by atoms with van der Waals surface area (Å²) in [7, 11) is 0. The third-order valence-electron chi connectivity index (χ3n) is 2.88. The number of hydrazine groups is 1. The summed E-state index contributed by atoms with van der Waals surface area (Å²) in [6.45, 7) is 7.32. The summed E-state index contributed by atoms with van der Waals surface area (Å²) in [4.78, 5) is 0. The van der Waals surface area contributed by atoms with Gasteiger partial charge in [0.1, 0.15) is 12.5 Å². The van der Waals surface area contributed by atoms with Crippen LogP contribution in [0, 0.1) is 0 Å². The monoisotopic (exact) mass is 264 g/mol. The minimum absolute atomic E-state index is 0.267. The molecule has 0 aliphatic heterocycles. The van der Waals surface area contributed by atoms with Gasteiger partial charge in [0.05, 0.1) is 12.2 Å². The molecule has 6 nitrogen and oxygen atoms in total. The quantitative estimate of drug-likeness (QED) is 0.338. The van der Waals surface area contributed by atoms with Crippen LogP contribution in [0.3, 0.4) is 0 Å². The van der Waals surface area contributed by atoms with E-state index < -0.39 is 24.7 Å². The Balaban J connectivity index is 4.79. The topological polar surface area (TPSA) is 87.4 Å². The Morgan fingerprint density at radius 1 is 0.778 bits per heavy atom. The molecule has 4 atom stereocenters. The summed E-state index contributed by atoms with van der Waals surface area (Å²) in [5.74, 6) is 0. The lowest BCUT2D eigenvalue weighted by Gasteiger charge is -2.40. The van der Waals surface area contributed by atoms with Gasteiger partial charge in [0, 0.05) is 13.1 Å². The van der Waals surface area contributed by atoms with E-state index in [1.54, 1.807) is 5.01 Å². The summed E-state index contributed by atoms with van der Waals surface area (Å²) >= 11 is 0. The molecule has 0 amide bonds. The van der Waals surface area contributed by atoms with Crippen LogP contribution in [0.5, 0.6) is 0 Å². The van der Waals surface area contributed by atoms with E-state index in [1.807, 2.05) is 13.8 Å². The standard InChI is InChI=1S/C12H28N2O4/c1-5-11(17)7-13(8-12(18)6-2)14(9(3)15)10(4)16/h9-12,15-18H,5-8H2,1-4H3. The molecule has 0 bridgehead atoms. The van der Waals surface area contributed by atoms with Gasteiger partial charge in [-0.1, -0.05) is 13.8 Å². The molecule has 0 aromatic rings. The maximum absolute atomic E-state index is 9.71. The fourth-order valence-electron chi connectivity index (χ4n) is 1.79. The molecule has 6 heteroatoms. The number of hydrogen-bond donors (Lipinski definition) is 4. The van der Waals surface area contributed by atoms with Crippen molar-refractivity contribution in [3.63, 3.8) is 0 Å². The number of aliphatic hydroxyl groups excluding tert-OH is 4. The smallest absolute Gasteiger partial charge is 0.120 e. The van der Waals surface area contributed by atoms with Crippen molar-refractivity contribution in [1.29, 1.82) is 0 Å². The minimum Gasteiger partial charge on any atom is -0.392 e. The Morgan fingerprint density at radius 2 is 1.11 bits per heavy atom. The second kappa shape index (κ2) is 8.79. The van der Waals surface area contributed by atoms with Crippen LogP contribution in [0.1, 0.15) is 40.5 Å². The predicted molar refractivity (Wildman–Crippen MR) is 69.4 cm³/mol. The van der Waals surface area contributed by atoms with Gasteiger partial charge in [0.2, 0.25) is 0 Å². The fraction of sp³-hybridized carbons (Fsp3) is 1.00. The molecule has 4 N–H and O–H groups in total. The highest BCUT2D eigenvalue weighted by atomic mass is 16.3. The number of nitrogens with zero attached hydrogens (tertiary/aromatic N) is 2. The van der Waals surface area contributed by atoms with E-state index in [0.29, 0.717) is 12.8 Å². The summed E-state index contributed by atoms with van der Waals surface area (Å²) in [6, 6.07) is 0. The van der Waals surface area contributed by atoms with Gasteiger partial charge >= 0.3 is 0 Å². The maximum atomic E-state index is 9.71. The van der Waals surface area contributed by atoms with Crippen molar-refractivity contribution in [1.82, 2.24) is 10.0 Å². The lowest BCUT2D eigenvalue weighted by Crippen LogP contribution is -2.56. The summed E-state index contributed by atoms with van der Waals surface area (Å²) in [5.41, 5.74) is 0. The molecular formula is C12H28N2O4. The third kappa shape index (κ3) is 6.08. The van der Waals surface area contributed by atoms with Crippen LogP contribution in [0.15, 0.2) is 0 Å². The average Bonchev–Trinajstić information content (AvgIpc) is 2.27. The lowest BCUT2D eigenvalue weighted by atomic mass is 10.2. The summed E-state index contributed by atoms with van der Waals surface area (Å²) in [5, 5.41) is 41.8. The molecule has 0 aromatic carbocycles. The van der Waals surface area contributed by atoms with Gasteiger partial charge in [0.15, 0.2) is 0 Å². The molecule has 0 saturated carbocycles. The Morgan fingerprint density at radius 3 is 1.33 bits per heavy atom. The van der Waals surface area contributed by atoms with Crippen molar-refractivity contribution < 1.29 is 20.4 Å². The van der Waals surface area contributed by atoms with E-state index in [-0.39, 0.29) is 13.1 Å². The molecular weight excluding hydrogens is 236 g/mol. The van der Waals surface area contributed by atoms with Crippen LogP contribution in [0.2, 0.25) is 0 Å². The number of hydrogen-bond acceptors (Lipinski definition) is 6. The summed E-state index contributed by atoms with van der Waals surface area (Å²) < 4.78 is 0. The number of aliphatic hydroxyl groups is 4. The zero-order chi connectivity index (χ0) is 14.3. The van der Waals surface area contributed by atoms with Gasteiger partial charge in [-0.3, -0.25) is 0 Å². The Bertz CT molecular complexity index is 194. The largest absolute Gasteiger partial charge is 0.392 e. The summed E-state index contributed by atoms with van der Waals surface area (Å²) in [6.07, 6.45) is -1.75. The van der Waals surface area contributed by atoms with Crippen LogP contribution < -0.4 is 0 Å². The van der Waals surface area contributed by atoms with Crippen LogP contribution in [-0.2, 0) is 0 Å². The Labute approximate surface area is 109 Å². The second-order valence-corrected chi connectivity index (χ2v) is 4.64. The molecule has 0 saturated heterocycles. The van der Waals surface area contributed by atoms with Crippen molar-refractivity contribution in [3.8, 4) is 0 Å². The molecule has 0 radical (unpaired) electrons. The lowest BCUT2D eigenvalue weighted by molar-refractivity contribution is -0.219. The molecule has 110 valence electrons. The normalized spacial score (nSPS) is 19.0. The van der Waals surface area contributed by atoms with Gasteiger partial charge in [-0.05, 0) is 26.7 Å². The van der Waals surface area contributed by atoms with E-state index in [0.717, 1.165) is 0 Å². The van der Waals surface area contributed by atoms with Gasteiger partial charge in [-0.25, -0.2) is 5.01 Å². The van der Waals surface area contributed by atoms with Crippen LogP contribution >= 0.6 is 0 Å². The van der Waals surface area contributed by atoms with Crippen molar-refractivity contribution in [2.24, 2.45) is 0 Å². The zero-order valence-corrected chi connectivity index (χ0v) is 11.8. The van der Waals surface area contributed by atoms with Gasteiger partial charge in [-0.2, -0.15) is 5.01 Å². The van der Waals surface area contributed by atoms with Gasteiger partial charge in [-0.15, -0.1) is 0 Å². The molecule has 0 aromatic heterocycles. The van der Waals surface area contributed by atoms with Crippen LogP contribution in [-0.4, -0.2) is 68.2 Å². The first-order chi connectivity index (χ1) is 8.33. The second-order valence-electron chi connectivity index (χ2n) is 4.64. The minimum atomic E-state index is -0.891. The van der Waals surface area contributed by atoms with Gasteiger partial charge < -0.3 is 20.4 Å². The van der Waals surface area contributed by atoms with Crippen molar-refractivity contribution in [3.05, 3.63) is 0 Å². The molecule has 0 aliphatic rings. The SMILES string of the molecule is CCC(O)CN(CC(O)CC)N(C(C)O)C(C)O. The number of rotatable bonds is 9. The highest BCUT2D eigenvalue weighted by Gasteiger charge is 2.26. The third-order valence-corrected chi connectivity index (χ3v) is 2.88.